The van der Waals surface area contributed by atoms with Crippen molar-refractivity contribution >= 4 is 17.9 Å². The summed E-state index contributed by atoms with van der Waals surface area (Å²) in [5.41, 5.74) is 0. The van der Waals surface area contributed by atoms with Crippen molar-refractivity contribution < 1.29 is 28.6 Å². The molecular weight excluding hydrogens is 709 g/mol. The number of ether oxygens (including phenoxy) is 3. The molecule has 0 aromatic carbocycles. The number of carbonyl (C=O) groups is 3. The van der Waals surface area contributed by atoms with Crippen molar-refractivity contribution in [2.75, 3.05) is 13.2 Å². The molecule has 0 bridgehead atoms. The van der Waals surface area contributed by atoms with Crippen molar-refractivity contribution in [2.45, 2.75) is 297 Å². The third-order valence-electron chi connectivity index (χ3n) is 11.6. The van der Waals surface area contributed by atoms with E-state index in [0.717, 1.165) is 57.8 Å². The first-order chi connectivity index (χ1) is 28.0. The molecule has 0 aromatic heterocycles. The van der Waals surface area contributed by atoms with E-state index in [1.165, 1.54) is 193 Å². The van der Waals surface area contributed by atoms with Gasteiger partial charge in [0, 0.05) is 19.3 Å². The van der Waals surface area contributed by atoms with Gasteiger partial charge in [0.05, 0.1) is 0 Å². The van der Waals surface area contributed by atoms with Crippen LogP contribution in [0, 0.1) is 0 Å². The van der Waals surface area contributed by atoms with Crippen molar-refractivity contribution in [3.8, 4) is 0 Å². The van der Waals surface area contributed by atoms with Gasteiger partial charge >= 0.3 is 17.9 Å². The lowest BCUT2D eigenvalue weighted by molar-refractivity contribution is -0.167. The minimum atomic E-state index is -0.758. The first-order valence-electron chi connectivity index (χ1n) is 25.5. The molecule has 0 spiro atoms. The Bertz CT molecular complexity index is 844. The van der Waals surface area contributed by atoms with Crippen LogP contribution in [0.25, 0.3) is 0 Å². The molecule has 0 rings (SSSR count). The van der Waals surface area contributed by atoms with Crippen molar-refractivity contribution in [3.63, 3.8) is 0 Å². The van der Waals surface area contributed by atoms with Gasteiger partial charge in [0.25, 0.3) is 0 Å². The van der Waals surface area contributed by atoms with Gasteiger partial charge in [0.1, 0.15) is 13.2 Å². The van der Waals surface area contributed by atoms with E-state index in [1.54, 1.807) is 0 Å². The van der Waals surface area contributed by atoms with Gasteiger partial charge in [-0.3, -0.25) is 14.4 Å². The third-order valence-corrected chi connectivity index (χ3v) is 11.6. The maximum atomic E-state index is 12.7. The summed E-state index contributed by atoms with van der Waals surface area (Å²) in [7, 11) is 0. The molecule has 0 amide bonds. The van der Waals surface area contributed by atoms with Gasteiger partial charge < -0.3 is 14.2 Å². The molecule has 0 unspecified atom stereocenters. The van der Waals surface area contributed by atoms with Crippen LogP contribution in [-0.4, -0.2) is 37.2 Å². The van der Waals surface area contributed by atoms with E-state index in [-0.39, 0.29) is 31.1 Å². The lowest BCUT2D eigenvalue weighted by Gasteiger charge is -2.18. The molecule has 57 heavy (non-hydrogen) atoms. The normalized spacial score (nSPS) is 11.8. The van der Waals surface area contributed by atoms with Crippen molar-refractivity contribution in [1.82, 2.24) is 0 Å². The summed E-state index contributed by atoms with van der Waals surface area (Å²) in [6.07, 6.45) is 49.5. The molecule has 0 saturated carbocycles. The van der Waals surface area contributed by atoms with Crippen LogP contribution in [0.1, 0.15) is 290 Å². The molecule has 0 N–H and O–H groups in total. The highest BCUT2D eigenvalue weighted by Crippen LogP contribution is 2.17. The molecular formula is C51H98O6. The number of carbonyl (C=O) groups excluding carboxylic acids is 3. The minimum Gasteiger partial charge on any atom is -0.462 e. The van der Waals surface area contributed by atoms with Gasteiger partial charge in [-0.1, -0.05) is 252 Å². The van der Waals surface area contributed by atoms with Crippen LogP contribution in [0.3, 0.4) is 0 Å². The summed E-state index contributed by atoms with van der Waals surface area (Å²) < 4.78 is 16.8. The quantitative estimate of drug-likeness (QED) is 0.0346. The molecule has 0 aromatic rings. The Balaban J connectivity index is 4.22. The number of hydrogen-bond acceptors (Lipinski definition) is 6. The fraction of sp³-hybridized carbons (Fsp3) is 0.941. The molecule has 6 heteroatoms. The average molecular weight is 807 g/mol. The van der Waals surface area contributed by atoms with Crippen LogP contribution in [0.2, 0.25) is 0 Å². The molecule has 1 atom stereocenters. The van der Waals surface area contributed by atoms with Gasteiger partial charge in [-0.05, 0) is 19.3 Å². The summed E-state index contributed by atoms with van der Waals surface area (Å²) in [5, 5.41) is 0. The number of rotatable bonds is 47. The summed E-state index contributed by atoms with van der Waals surface area (Å²) >= 11 is 0. The second-order valence-electron chi connectivity index (χ2n) is 17.5. The molecule has 0 aliphatic heterocycles. The topological polar surface area (TPSA) is 78.9 Å². The predicted octanol–water partition coefficient (Wildman–Crippen LogP) is 16.4. The Morgan fingerprint density at radius 3 is 0.702 bits per heavy atom. The highest BCUT2D eigenvalue weighted by atomic mass is 16.6. The molecule has 0 fully saturated rings. The smallest absolute Gasteiger partial charge is 0.306 e. The highest BCUT2D eigenvalue weighted by molar-refractivity contribution is 5.71. The Kier molecular flexibility index (Phi) is 45.8. The molecule has 0 aliphatic rings. The summed E-state index contributed by atoms with van der Waals surface area (Å²) in [6.45, 7) is 6.66. The van der Waals surface area contributed by atoms with Crippen LogP contribution in [0.5, 0.6) is 0 Å². The van der Waals surface area contributed by atoms with E-state index in [9.17, 15) is 14.4 Å². The fourth-order valence-electron chi connectivity index (χ4n) is 7.74. The van der Waals surface area contributed by atoms with E-state index < -0.39 is 6.10 Å². The van der Waals surface area contributed by atoms with E-state index in [1.807, 2.05) is 0 Å². The van der Waals surface area contributed by atoms with E-state index in [2.05, 4.69) is 20.8 Å². The molecule has 338 valence electrons. The van der Waals surface area contributed by atoms with Crippen LogP contribution in [-0.2, 0) is 28.6 Å². The van der Waals surface area contributed by atoms with Gasteiger partial charge in [-0.25, -0.2) is 0 Å². The van der Waals surface area contributed by atoms with E-state index in [0.29, 0.717) is 19.3 Å². The highest BCUT2D eigenvalue weighted by Gasteiger charge is 2.19. The molecule has 0 heterocycles. The van der Waals surface area contributed by atoms with Crippen molar-refractivity contribution in [1.29, 1.82) is 0 Å². The monoisotopic (exact) mass is 807 g/mol. The number of unbranched alkanes of at least 4 members (excludes halogenated alkanes) is 36. The molecule has 0 saturated heterocycles. The van der Waals surface area contributed by atoms with Crippen molar-refractivity contribution in [3.05, 3.63) is 0 Å². The van der Waals surface area contributed by atoms with Crippen LogP contribution in [0.15, 0.2) is 0 Å². The Morgan fingerprint density at radius 1 is 0.281 bits per heavy atom. The predicted molar refractivity (Wildman–Crippen MR) is 243 cm³/mol. The first kappa shape index (κ1) is 55.4. The zero-order valence-corrected chi connectivity index (χ0v) is 38.6. The van der Waals surface area contributed by atoms with Gasteiger partial charge in [0.15, 0.2) is 6.10 Å². The van der Waals surface area contributed by atoms with Gasteiger partial charge in [0.2, 0.25) is 0 Å². The summed E-state index contributed by atoms with van der Waals surface area (Å²) in [5.74, 6) is -0.846. The second-order valence-corrected chi connectivity index (χ2v) is 17.5. The molecule has 0 aliphatic carbocycles. The Morgan fingerprint density at radius 2 is 0.474 bits per heavy atom. The summed E-state index contributed by atoms with van der Waals surface area (Å²) in [6, 6.07) is 0. The third kappa shape index (κ3) is 45.3. The zero-order valence-electron chi connectivity index (χ0n) is 38.6. The molecule has 6 nitrogen and oxygen atoms in total. The van der Waals surface area contributed by atoms with Crippen LogP contribution in [0.4, 0.5) is 0 Å². The SMILES string of the molecule is CCCCCCCCCCCCCCCCCCCCC(=O)OC[C@@H](COC(=O)CCCCCCCCCCC)OC(=O)CCCCCCCCCCCCCC. The standard InChI is InChI=1S/C51H98O6/c1-4-7-10-13-16-19-21-23-24-25-26-27-28-30-32-35-38-41-44-50(53)56-47-48(46-55-49(52)43-40-37-34-31-18-15-12-9-6-3)57-51(54)45-42-39-36-33-29-22-20-17-14-11-8-5-2/h48H,4-47H2,1-3H3/t48-/m1/s1. The second kappa shape index (κ2) is 47.1. The zero-order chi connectivity index (χ0) is 41.5. The van der Waals surface area contributed by atoms with E-state index in [4.69, 9.17) is 14.2 Å². The Labute approximate surface area is 355 Å². The Hall–Kier alpha value is -1.59. The maximum absolute atomic E-state index is 12.7. The number of hydrogen-bond donors (Lipinski definition) is 0. The number of esters is 3. The average Bonchev–Trinajstić information content (AvgIpc) is 3.21. The minimum absolute atomic E-state index is 0.0621. The largest absolute Gasteiger partial charge is 0.462 e. The van der Waals surface area contributed by atoms with E-state index >= 15 is 0 Å². The molecule has 0 radical (unpaired) electrons. The summed E-state index contributed by atoms with van der Waals surface area (Å²) in [4.78, 5) is 37.8. The van der Waals surface area contributed by atoms with Crippen molar-refractivity contribution in [2.24, 2.45) is 0 Å². The van der Waals surface area contributed by atoms with Crippen LogP contribution >= 0.6 is 0 Å². The van der Waals surface area contributed by atoms with Crippen LogP contribution < -0.4 is 0 Å². The lowest BCUT2D eigenvalue weighted by atomic mass is 10.0. The van der Waals surface area contributed by atoms with Gasteiger partial charge in [-0.15, -0.1) is 0 Å². The fourth-order valence-corrected chi connectivity index (χ4v) is 7.74. The maximum Gasteiger partial charge on any atom is 0.306 e. The van der Waals surface area contributed by atoms with Gasteiger partial charge in [-0.2, -0.15) is 0 Å². The lowest BCUT2D eigenvalue weighted by Crippen LogP contribution is -2.30. The first-order valence-corrected chi connectivity index (χ1v) is 25.5.